The molecule has 0 saturated carbocycles. The number of nitrogen functional groups attached to an aromatic ring is 1. The van der Waals surface area contributed by atoms with Crippen LogP contribution in [0, 0.1) is 6.92 Å². The molecule has 0 fully saturated rings. The van der Waals surface area contributed by atoms with Gasteiger partial charge < -0.3 is 29.7 Å². The maximum Gasteiger partial charge on any atom is 0.259 e. The Labute approximate surface area is 136 Å². The Morgan fingerprint density at radius 3 is 2.45 bits per heavy atom. The van der Waals surface area contributed by atoms with Gasteiger partial charge in [-0.1, -0.05) is 18.2 Å². The molecule has 0 unspecified atom stereocenters. The largest absolute Gasteiger partial charge is 1.00 e. The lowest BCUT2D eigenvalue weighted by atomic mass is 10.2. The topological polar surface area (TPSA) is 34.8 Å². The Morgan fingerprint density at radius 2 is 1.80 bits per heavy atom. The first-order chi connectivity index (χ1) is 9.22. The van der Waals surface area contributed by atoms with Crippen LogP contribution in [0.2, 0.25) is 0 Å². The Balaban J connectivity index is 0.00000147. The maximum absolute atomic E-state index is 5.92. The fourth-order valence-corrected chi connectivity index (χ4v) is 2.72. The van der Waals surface area contributed by atoms with E-state index in [2.05, 4.69) is 53.3 Å². The fraction of sp³-hybridized carbons (Fsp3) is 0.188. The van der Waals surface area contributed by atoms with E-state index >= 15 is 0 Å². The second kappa shape index (κ2) is 5.83. The number of imidazole rings is 1. The summed E-state index contributed by atoms with van der Waals surface area (Å²) in [4.78, 5) is 0. The third-order valence-electron chi connectivity index (χ3n) is 3.58. The molecule has 0 aliphatic heterocycles. The van der Waals surface area contributed by atoms with Gasteiger partial charge in [-0.05, 0) is 31.2 Å². The van der Waals surface area contributed by atoms with Crippen molar-refractivity contribution in [2.75, 3.05) is 5.73 Å². The highest BCUT2D eigenvalue weighted by molar-refractivity contribution is 5.78. The fourth-order valence-electron chi connectivity index (χ4n) is 2.72. The molecule has 0 radical (unpaired) electrons. The Bertz CT molecular complexity index is 732. The SMILES string of the molecule is CC[n+]1c(C)n(-c2ccccc2)c2ccc(N)cc21.[I-]. The zero-order chi connectivity index (χ0) is 13.4. The molecule has 0 aliphatic carbocycles. The van der Waals surface area contributed by atoms with Gasteiger partial charge in [-0.2, -0.15) is 4.57 Å². The van der Waals surface area contributed by atoms with Crippen molar-refractivity contribution >= 4 is 16.7 Å². The molecule has 2 aromatic carbocycles. The summed E-state index contributed by atoms with van der Waals surface area (Å²) in [6.45, 7) is 5.24. The molecule has 104 valence electrons. The van der Waals surface area contributed by atoms with Crippen molar-refractivity contribution in [2.45, 2.75) is 20.4 Å². The van der Waals surface area contributed by atoms with E-state index < -0.39 is 0 Å². The van der Waals surface area contributed by atoms with E-state index in [1.807, 2.05) is 18.2 Å². The Hall–Kier alpha value is -1.56. The predicted molar refractivity (Wildman–Crippen MR) is 78.3 cm³/mol. The van der Waals surface area contributed by atoms with Gasteiger partial charge in [0, 0.05) is 18.7 Å². The van der Waals surface area contributed by atoms with E-state index in [-0.39, 0.29) is 24.0 Å². The van der Waals surface area contributed by atoms with Gasteiger partial charge in [0.1, 0.15) is 5.69 Å². The minimum Gasteiger partial charge on any atom is -1.00 e. The van der Waals surface area contributed by atoms with Crippen LogP contribution in [0.4, 0.5) is 5.69 Å². The summed E-state index contributed by atoms with van der Waals surface area (Å²) in [6, 6.07) is 16.5. The minimum atomic E-state index is 0. The van der Waals surface area contributed by atoms with Crippen molar-refractivity contribution in [1.82, 2.24) is 4.57 Å². The number of fused-ring (bicyclic) bond motifs is 1. The molecule has 0 aliphatic rings. The van der Waals surface area contributed by atoms with E-state index in [9.17, 15) is 0 Å². The number of nitrogens with two attached hydrogens (primary N) is 1. The van der Waals surface area contributed by atoms with Crippen LogP contribution >= 0.6 is 0 Å². The van der Waals surface area contributed by atoms with Gasteiger partial charge in [0.25, 0.3) is 5.82 Å². The highest BCUT2D eigenvalue weighted by Gasteiger charge is 2.21. The number of anilines is 1. The van der Waals surface area contributed by atoms with Crippen molar-refractivity contribution in [2.24, 2.45) is 0 Å². The molecule has 2 N–H and O–H groups in total. The second-order valence-electron chi connectivity index (χ2n) is 4.71. The van der Waals surface area contributed by atoms with Crippen LogP contribution in [-0.2, 0) is 6.54 Å². The lowest BCUT2D eigenvalue weighted by Gasteiger charge is -1.99. The van der Waals surface area contributed by atoms with E-state index in [0.29, 0.717) is 0 Å². The van der Waals surface area contributed by atoms with Crippen LogP contribution in [0.5, 0.6) is 0 Å². The lowest BCUT2D eigenvalue weighted by Crippen LogP contribution is -3.00. The van der Waals surface area contributed by atoms with Gasteiger partial charge in [0.2, 0.25) is 0 Å². The molecular formula is C16H18IN3. The van der Waals surface area contributed by atoms with Crippen LogP contribution in [0.25, 0.3) is 16.7 Å². The lowest BCUT2D eigenvalue weighted by molar-refractivity contribution is -0.674. The van der Waals surface area contributed by atoms with Crippen LogP contribution in [0.15, 0.2) is 48.5 Å². The zero-order valence-electron chi connectivity index (χ0n) is 11.7. The van der Waals surface area contributed by atoms with Crippen molar-refractivity contribution in [3.63, 3.8) is 0 Å². The molecule has 0 spiro atoms. The molecule has 1 aromatic heterocycles. The number of aryl methyl sites for hydroxylation is 1. The smallest absolute Gasteiger partial charge is 0.259 e. The van der Waals surface area contributed by atoms with Crippen LogP contribution in [-0.4, -0.2) is 4.57 Å². The zero-order valence-corrected chi connectivity index (χ0v) is 13.8. The molecule has 1 heterocycles. The third-order valence-corrected chi connectivity index (χ3v) is 3.58. The standard InChI is InChI=1S/C16H18N3.HI/c1-3-18-12(2)19(14-7-5-4-6-8-14)15-10-9-13(17)11-16(15)18;/h4-11H,3,17H2,1-2H3;1H/q+1;/p-1. The molecule has 20 heavy (non-hydrogen) atoms. The number of hydrogen-bond acceptors (Lipinski definition) is 1. The van der Waals surface area contributed by atoms with Crippen molar-refractivity contribution in [3.05, 3.63) is 54.4 Å². The maximum atomic E-state index is 5.92. The van der Waals surface area contributed by atoms with Gasteiger partial charge in [-0.25, -0.2) is 4.57 Å². The summed E-state index contributed by atoms with van der Waals surface area (Å²) < 4.78 is 4.57. The number of halogens is 1. The number of benzene rings is 2. The van der Waals surface area contributed by atoms with Crippen LogP contribution < -0.4 is 34.3 Å². The first kappa shape index (κ1) is 14.8. The quantitative estimate of drug-likeness (QED) is 0.375. The monoisotopic (exact) mass is 379 g/mol. The van der Waals surface area contributed by atoms with Gasteiger partial charge in [0.15, 0.2) is 11.0 Å². The van der Waals surface area contributed by atoms with Gasteiger partial charge in [0.05, 0.1) is 6.54 Å². The molecule has 0 atom stereocenters. The Morgan fingerprint density at radius 1 is 1.10 bits per heavy atom. The van der Waals surface area contributed by atoms with Crippen molar-refractivity contribution in [1.29, 1.82) is 0 Å². The van der Waals surface area contributed by atoms with Crippen molar-refractivity contribution < 1.29 is 28.5 Å². The molecule has 3 aromatic rings. The first-order valence-electron chi connectivity index (χ1n) is 6.58. The number of para-hydroxylation sites is 1. The first-order valence-corrected chi connectivity index (χ1v) is 6.58. The average Bonchev–Trinajstić information content (AvgIpc) is 2.70. The summed E-state index contributed by atoms with van der Waals surface area (Å²) in [5.74, 6) is 1.22. The second-order valence-corrected chi connectivity index (χ2v) is 4.71. The molecule has 3 nitrogen and oxygen atoms in total. The molecule has 3 rings (SSSR count). The number of rotatable bonds is 2. The van der Waals surface area contributed by atoms with Crippen LogP contribution in [0.1, 0.15) is 12.7 Å². The predicted octanol–water partition coefficient (Wildman–Crippen LogP) is -0.167. The number of hydrogen-bond donors (Lipinski definition) is 1. The Kier molecular flexibility index (Phi) is 4.32. The van der Waals surface area contributed by atoms with Gasteiger partial charge in [-0.3, -0.25) is 0 Å². The van der Waals surface area contributed by atoms with E-state index in [1.54, 1.807) is 0 Å². The van der Waals surface area contributed by atoms with E-state index in [0.717, 1.165) is 12.2 Å². The summed E-state index contributed by atoms with van der Waals surface area (Å²) >= 11 is 0. The molecular weight excluding hydrogens is 361 g/mol. The highest BCUT2D eigenvalue weighted by Crippen LogP contribution is 2.21. The summed E-state index contributed by atoms with van der Waals surface area (Å²) in [7, 11) is 0. The molecule has 0 bridgehead atoms. The molecule has 0 amide bonds. The minimum absolute atomic E-state index is 0. The third kappa shape index (κ3) is 2.28. The van der Waals surface area contributed by atoms with Gasteiger partial charge in [-0.15, -0.1) is 0 Å². The normalized spacial score (nSPS) is 10.5. The van der Waals surface area contributed by atoms with E-state index in [4.69, 9.17) is 5.73 Å². The highest BCUT2D eigenvalue weighted by atomic mass is 127. The molecule has 0 saturated heterocycles. The van der Waals surface area contributed by atoms with Crippen molar-refractivity contribution in [3.8, 4) is 5.69 Å². The number of aromatic nitrogens is 2. The number of nitrogens with zero attached hydrogens (tertiary/aromatic N) is 2. The van der Waals surface area contributed by atoms with Gasteiger partial charge >= 0.3 is 0 Å². The summed E-state index contributed by atoms with van der Waals surface area (Å²) in [6.07, 6.45) is 0. The average molecular weight is 379 g/mol. The van der Waals surface area contributed by atoms with E-state index in [1.165, 1.54) is 22.5 Å². The van der Waals surface area contributed by atoms with Crippen LogP contribution in [0.3, 0.4) is 0 Å². The summed E-state index contributed by atoms with van der Waals surface area (Å²) in [5, 5.41) is 0. The summed E-state index contributed by atoms with van der Waals surface area (Å²) in [5.41, 5.74) is 10.3. The molecule has 4 heteroatoms.